The molecule has 3 heteroatoms. The summed E-state index contributed by atoms with van der Waals surface area (Å²) in [6.45, 7) is 23.4. The van der Waals surface area contributed by atoms with Gasteiger partial charge in [0.1, 0.15) is 0 Å². The van der Waals surface area contributed by atoms with Crippen LogP contribution in [0.2, 0.25) is 0 Å². The van der Waals surface area contributed by atoms with Crippen LogP contribution in [-0.2, 0) is 21.7 Å². The van der Waals surface area contributed by atoms with Gasteiger partial charge in [-0.05, 0) is 0 Å². The minimum Gasteiger partial charge on any atom is -1.00 e. The topological polar surface area (TPSA) is 0 Å². The van der Waals surface area contributed by atoms with Gasteiger partial charge in [-0.3, -0.25) is 0 Å². The van der Waals surface area contributed by atoms with Crippen LogP contribution in [-0.4, -0.2) is 0 Å². The summed E-state index contributed by atoms with van der Waals surface area (Å²) in [5, 5.41) is 0. The number of hydrogen-bond donors (Lipinski definition) is 0. The van der Waals surface area contributed by atoms with Crippen molar-refractivity contribution in [2.75, 3.05) is 0 Å². The molecule has 0 aliphatic carbocycles. The van der Waals surface area contributed by atoms with Crippen molar-refractivity contribution in [1.82, 2.24) is 0 Å². The maximum absolute atomic E-state index is 3.00. The van der Waals surface area contributed by atoms with Gasteiger partial charge < -0.3 is 24.8 Å². The van der Waals surface area contributed by atoms with Crippen molar-refractivity contribution in [2.45, 2.75) is 55.4 Å². The van der Waals surface area contributed by atoms with Gasteiger partial charge in [0.15, 0.2) is 0 Å². The second kappa shape index (κ2) is 14.1. The fourth-order valence-corrected chi connectivity index (χ4v) is 2.27. The Morgan fingerprint density at radius 2 is 0.870 bits per heavy atom. The van der Waals surface area contributed by atoms with Crippen LogP contribution >= 0.6 is 0 Å². The first-order valence-electron chi connectivity index (χ1n) is 7.15. The van der Waals surface area contributed by atoms with Gasteiger partial charge in [0.05, 0.1) is 0 Å². The first kappa shape index (κ1) is 30.6. The molecule has 0 saturated carbocycles. The second-order valence-corrected chi connectivity index (χ2v) is 5.52. The Morgan fingerprint density at radius 3 is 0.913 bits per heavy atom. The van der Waals surface area contributed by atoms with Gasteiger partial charge in [-0.1, -0.05) is 55.4 Å². The summed E-state index contributed by atoms with van der Waals surface area (Å²) in [4.78, 5) is 0. The van der Waals surface area contributed by atoms with Crippen LogP contribution in [0.15, 0.2) is 25.3 Å². The molecule has 0 unspecified atom stereocenters. The molecule has 0 fully saturated rings. The average molecular weight is 389 g/mol. The van der Waals surface area contributed by atoms with Crippen LogP contribution in [0, 0.1) is 55.4 Å². The van der Waals surface area contributed by atoms with Gasteiger partial charge in [0.25, 0.3) is 0 Å². The van der Waals surface area contributed by atoms with Gasteiger partial charge in [0, 0.05) is 0 Å². The van der Waals surface area contributed by atoms with Crippen molar-refractivity contribution in [1.29, 1.82) is 0 Å². The Bertz CT molecular complexity index is 467. The van der Waals surface area contributed by atoms with Crippen molar-refractivity contribution >= 4 is 0 Å². The summed E-state index contributed by atoms with van der Waals surface area (Å²) < 4.78 is 0. The number of rotatable bonds is 0. The van der Waals surface area contributed by atoms with Crippen LogP contribution in [0.1, 0.15) is 44.5 Å². The monoisotopic (exact) mass is 388 g/mol. The molecule has 0 atom stereocenters. The quantitative estimate of drug-likeness (QED) is 0.341. The predicted octanol–water partition coefficient (Wildman–Crippen LogP) is 0.0861. The van der Waals surface area contributed by atoms with Crippen LogP contribution in [0.3, 0.4) is 0 Å². The first-order chi connectivity index (χ1) is 9.25. The molecule has 2 aromatic rings. The Labute approximate surface area is 171 Å². The van der Waals surface area contributed by atoms with E-state index in [-0.39, 0.29) is 46.5 Å². The molecule has 0 aliphatic heterocycles. The zero-order valence-electron chi connectivity index (χ0n) is 15.8. The minimum atomic E-state index is 0. The molecule has 0 aromatic heterocycles. The van der Waals surface area contributed by atoms with E-state index in [0.717, 1.165) is 0 Å². The summed E-state index contributed by atoms with van der Waals surface area (Å²) in [6.07, 6.45) is 0. The van der Waals surface area contributed by atoms with Gasteiger partial charge >= 0.3 is 21.7 Å². The van der Waals surface area contributed by atoms with Crippen molar-refractivity contribution in [3.63, 3.8) is 0 Å². The van der Waals surface area contributed by atoms with Crippen LogP contribution in [0.25, 0.3) is 0 Å². The fraction of sp³-hybridized carbons (Fsp3) is 0.400. The summed E-state index contributed by atoms with van der Waals surface area (Å²) in [5.74, 6) is 0. The molecule has 0 bridgehead atoms. The molecule has 0 radical (unpaired) electrons. The minimum absolute atomic E-state index is 0. The molecule has 0 aliphatic rings. The normalized spacial score (nSPS) is 8.17. The molecular formula is C20H30Cl2Ti. The summed E-state index contributed by atoms with van der Waals surface area (Å²) >= 11 is 0. The molecule has 0 spiro atoms. The Balaban J connectivity index is -0.000000127. The van der Waals surface area contributed by atoms with Gasteiger partial charge in [-0.25, -0.2) is 0 Å². The Hall–Kier alpha value is -0.266. The zero-order chi connectivity index (χ0) is 16.0. The predicted molar refractivity (Wildman–Crippen MR) is 93.2 cm³/mol. The smallest absolute Gasteiger partial charge is 1.00 e. The van der Waals surface area contributed by atoms with Crippen LogP contribution in [0.5, 0.6) is 0 Å². The maximum atomic E-state index is 3.00. The van der Waals surface area contributed by atoms with E-state index < -0.39 is 0 Å². The SMILES string of the molecule is C=C.Cc1c[c-](C)c(C)c1C.Cc1c[c-](C)c(C)c1C.[Cl-].[Cl-].[Ti+4]. The third-order valence-electron chi connectivity index (χ3n) is 4.36. The molecule has 0 nitrogen and oxygen atoms in total. The molecule has 128 valence electrons. The molecule has 0 heterocycles. The van der Waals surface area contributed by atoms with E-state index in [1.807, 2.05) is 0 Å². The van der Waals surface area contributed by atoms with E-state index in [2.05, 4.69) is 80.7 Å². The molecule has 23 heavy (non-hydrogen) atoms. The fourth-order valence-electron chi connectivity index (χ4n) is 2.27. The van der Waals surface area contributed by atoms with Gasteiger partial charge in [0.2, 0.25) is 0 Å². The summed E-state index contributed by atoms with van der Waals surface area (Å²) in [7, 11) is 0. The van der Waals surface area contributed by atoms with E-state index >= 15 is 0 Å². The molecule has 0 amide bonds. The van der Waals surface area contributed by atoms with Crippen molar-refractivity contribution in [3.05, 3.63) is 69.8 Å². The molecular weight excluding hydrogens is 359 g/mol. The molecule has 0 saturated heterocycles. The van der Waals surface area contributed by atoms with E-state index in [4.69, 9.17) is 0 Å². The third-order valence-corrected chi connectivity index (χ3v) is 4.36. The first-order valence-corrected chi connectivity index (χ1v) is 7.15. The zero-order valence-corrected chi connectivity index (χ0v) is 18.9. The molecule has 2 aromatic carbocycles. The van der Waals surface area contributed by atoms with Crippen molar-refractivity contribution < 1.29 is 46.5 Å². The third kappa shape index (κ3) is 8.40. The number of halogens is 2. The van der Waals surface area contributed by atoms with E-state index in [0.29, 0.717) is 0 Å². The van der Waals surface area contributed by atoms with Gasteiger partial charge in [-0.2, -0.15) is 56.6 Å². The Kier molecular flexibility index (Phi) is 18.8. The number of aryl methyl sites for hydroxylation is 4. The Morgan fingerprint density at radius 1 is 0.652 bits per heavy atom. The van der Waals surface area contributed by atoms with E-state index in [9.17, 15) is 0 Å². The van der Waals surface area contributed by atoms with Crippen LogP contribution < -0.4 is 24.8 Å². The van der Waals surface area contributed by atoms with Crippen molar-refractivity contribution in [3.8, 4) is 0 Å². The summed E-state index contributed by atoms with van der Waals surface area (Å²) in [6, 6.07) is 4.48. The maximum Gasteiger partial charge on any atom is 4.00 e. The molecule has 2 rings (SSSR count). The van der Waals surface area contributed by atoms with Crippen molar-refractivity contribution in [2.24, 2.45) is 0 Å². The number of hydrogen-bond acceptors (Lipinski definition) is 0. The molecule has 0 N–H and O–H groups in total. The van der Waals surface area contributed by atoms with E-state index in [1.165, 1.54) is 44.5 Å². The standard InChI is InChI=1S/2C9H13.C2H4.2ClH.Ti/c2*1-6-5-7(2)9(4)8(6)3;1-2;;;/h2*5H,1-4H3;1-2H2;2*1H;/q2*-1;;;;+4/p-2. The summed E-state index contributed by atoms with van der Waals surface area (Å²) in [5.41, 5.74) is 11.5. The second-order valence-electron chi connectivity index (χ2n) is 5.52. The average Bonchev–Trinajstić information content (AvgIpc) is 2.78. The van der Waals surface area contributed by atoms with Crippen LogP contribution in [0.4, 0.5) is 0 Å². The largest absolute Gasteiger partial charge is 4.00 e. The van der Waals surface area contributed by atoms with Gasteiger partial charge in [-0.15, -0.1) is 13.2 Å². The van der Waals surface area contributed by atoms with E-state index in [1.54, 1.807) is 0 Å².